The summed E-state index contributed by atoms with van der Waals surface area (Å²) in [5, 5.41) is 5.48. The molecule has 35 heavy (non-hydrogen) atoms. The zero-order valence-corrected chi connectivity index (χ0v) is 20.7. The second-order valence-electron chi connectivity index (χ2n) is 8.79. The number of piperazine rings is 1. The Hall–Kier alpha value is -2.94. The molecule has 0 spiro atoms. The van der Waals surface area contributed by atoms with Crippen molar-refractivity contribution < 1.29 is 14.0 Å². The lowest BCUT2D eigenvalue weighted by atomic mass is 9.93. The Morgan fingerprint density at radius 1 is 1.00 bits per heavy atom. The van der Waals surface area contributed by atoms with Crippen LogP contribution in [0.3, 0.4) is 0 Å². The van der Waals surface area contributed by atoms with E-state index in [0.717, 1.165) is 24.1 Å². The molecular weight excluding hydrogens is 487 g/mol. The fraction of sp³-hybridized carbons (Fsp3) is 0.308. The summed E-state index contributed by atoms with van der Waals surface area (Å²) in [5.74, 6) is -0.247. The van der Waals surface area contributed by atoms with Gasteiger partial charge in [0.2, 0.25) is 5.91 Å². The number of thiophene rings is 1. The molecule has 3 heterocycles. The van der Waals surface area contributed by atoms with E-state index in [1.165, 1.54) is 10.9 Å². The number of nitrogens with one attached hydrogen (secondary N) is 1. The minimum Gasteiger partial charge on any atom is -0.338 e. The summed E-state index contributed by atoms with van der Waals surface area (Å²) in [4.78, 5) is 32.8. The van der Waals surface area contributed by atoms with Crippen molar-refractivity contribution in [3.63, 3.8) is 0 Å². The summed E-state index contributed by atoms with van der Waals surface area (Å²) >= 11 is 7.71. The number of benzene rings is 2. The third-order valence-corrected chi connectivity index (χ3v) is 7.80. The fourth-order valence-corrected chi connectivity index (χ4v) is 5.90. The van der Waals surface area contributed by atoms with E-state index in [2.05, 4.69) is 21.7 Å². The highest BCUT2D eigenvalue weighted by Gasteiger charge is 2.33. The molecule has 0 bridgehead atoms. The molecule has 3 amide bonds. The van der Waals surface area contributed by atoms with Crippen molar-refractivity contribution in [1.29, 1.82) is 0 Å². The number of hydrogen-bond acceptors (Lipinski definition) is 4. The largest absolute Gasteiger partial charge is 0.338 e. The first-order chi connectivity index (χ1) is 17.0. The highest BCUT2D eigenvalue weighted by atomic mass is 35.5. The van der Waals surface area contributed by atoms with Crippen LogP contribution in [0.15, 0.2) is 60.0 Å². The predicted molar refractivity (Wildman–Crippen MR) is 136 cm³/mol. The molecule has 2 aliphatic rings. The van der Waals surface area contributed by atoms with Crippen LogP contribution in [0.4, 0.5) is 14.9 Å². The molecule has 2 aliphatic heterocycles. The zero-order chi connectivity index (χ0) is 24.4. The third kappa shape index (κ3) is 5.34. The Morgan fingerprint density at radius 2 is 1.77 bits per heavy atom. The van der Waals surface area contributed by atoms with Crippen LogP contribution in [0.1, 0.15) is 22.0 Å². The number of amides is 3. The summed E-state index contributed by atoms with van der Waals surface area (Å²) in [6, 6.07) is 15.4. The van der Waals surface area contributed by atoms with Crippen LogP contribution in [-0.4, -0.2) is 65.9 Å². The number of halogens is 2. The van der Waals surface area contributed by atoms with Crippen LogP contribution in [0.5, 0.6) is 0 Å². The Morgan fingerprint density at radius 3 is 2.54 bits per heavy atom. The van der Waals surface area contributed by atoms with E-state index in [9.17, 15) is 14.0 Å². The molecular formula is C26H26ClFN4O2S. The van der Waals surface area contributed by atoms with Gasteiger partial charge in [-0.1, -0.05) is 29.8 Å². The van der Waals surface area contributed by atoms with Gasteiger partial charge in [-0.2, -0.15) is 0 Å². The second-order valence-corrected chi connectivity index (χ2v) is 10.2. The minimum absolute atomic E-state index is 0.0278. The first-order valence-corrected chi connectivity index (χ1v) is 12.9. The van der Waals surface area contributed by atoms with E-state index in [0.29, 0.717) is 36.9 Å². The maximum Gasteiger partial charge on any atom is 0.321 e. The molecule has 0 saturated carbocycles. The number of carbonyl (C=O) groups excluding carboxylic acids is 2. The molecule has 0 aliphatic carbocycles. The van der Waals surface area contributed by atoms with Gasteiger partial charge in [-0.15, -0.1) is 11.3 Å². The number of fused-ring (bicyclic) bond motifs is 1. The summed E-state index contributed by atoms with van der Waals surface area (Å²) < 4.78 is 14.0. The van der Waals surface area contributed by atoms with Crippen molar-refractivity contribution in [3.05, 3.63) is 86.8 Å². The number of carbonyl (C=O) groups is 2. The monoisotopic (exact) mass is 512 g/mol. The highest BCUT2D eigenvalue weighted by molar-refractivity contribution is 7.10. The molecule has 9 heteroatoms. The maximum atomic E-state index is 14.0. The van der Waals surface area contributed by atoms with E-state index in [1.54, 1.807) is 52.6 Å². The van der Waals surface area contributed by atoms with Gasteiger partial charge in [-0.3, -0.25) is 9.69 Å². The van der Waals surface area contributed by atoms with Crippen LogP contribution in [0.25, 0.3) is 0 Å². The van der Waals surface area contributed by atoms with Crippen molar-refractivity contribution in [1.82, 2.24) is 14.7 Å². The molecule has 3 aromatic rings. The van der Waals surface area contributed by atoms with Gasteiger partial charge in [-0.25, -0.2) is 9.18 Å². The lowest BCUT2D eigenvalue weighted by Crippen LogP contribution is -2.54. The van der Waals surface area contributed by atoms with Gasteiger partial charge >= 0.3 is 6.03 Å². The zero-order valence-electron chi connectivity index (χ0n) is 19.1. The lowest BCUT2D eigenvalue weighted by Gasteiger charge is -2.39. The van der Waals surface area contributed by atoms with Gasteiger partial charge in [-0.05, 0) is 59.3 Å². The van der Waals surface area contributed by atoms with E-state index in [1.807, 2.05) is 11.0 Å². The fourth-order valence-electron chi connectivity index (χ4n) is 4.81. The van der Waals surface area contributed by atoms with Crippen LogP contribution < -0.4 is 5.32 Å². The lowest BCUT2D eigenvalue weighted by molar-refractivity contribution is -0.134. The predicted octanol–water partition coefficient (Wildman–Crippen LogP) is 4.86. The van der Waals surface area contributed by atoms with Crippen LogP contribution in [0.2, 0.25) is 5.02 Å². The topological polar surface area (TPSA) is 55.9 Å². The minimum atomic E-state index is -0.275. The summed E-state index contributed by atoms with van der Waals surface area (Å²) in [7, 11) is 0. The van der Waals surface area contributed by atoms with Crippen molar-refractivity contribution in [2.45, 2.75) is 12.5 Å². The number of hydrogen-bond donors (Lipinski definition) is 1. The summed E-state index contributed by atoms with van der Waals surface area (Å²) in [6.07, 6.45) is 0.879. The average molecular weight is 513 g/mol. The van der Waals surface area contributed by atoms with Crippen molar-refractivity contribution in [2.75, 3.05) is 44.6 Å². The third-order valence-electron chi connectivity index (χ3n) is 6.56. The van der Waals surface area contributed by atoms with E-state index in [4.69, 9.17) is 11.6 Å². The Kier molecular flexibility index (Phi) is 7.04. The van der Waals surface area contributed by atoms with Gasteiger partial charge in [0.05, 0.1) is 12.6 Å². The molecule has 5 rings (SSSR count). The van der Waals surface area contributed by atoms with Gasteiger partial charge in [0.1, 0.15) is 5.82 Å². The molecule has 2 aromatic carbocycles. The van der Waals surface area contributed by atoms with Gasteiger partial charge in [0.15, 0.2) is 0 Å². The Bertz CT molecular complexity index is 1230. The molecule has 0 radical (unpaired) electrons. The number of nitrogens with zero attached hydrogens (tertiary/aromatic N) is 3. The van der Waals surface area contributed by atoms with Gasteiger partial charge < -0.3 is 15.1 Å². The number of anilines is 1. The molecule has 1 atom stereocenters. The molecule has 182 valence electrons. The van der Waals surface area contributed by atoms with Crippen LogP contribution >= 0.6 is 22.9 Å². The molecule has 6 nitrogen and oxygen atoms in total. The second kappa shape index (κ2) is 10.4. The summed E-state index contributed by atoms with van der Waals surface area (Å²) in [6.45, 7) is 2.86. The molecule has 1 fully saturated rings. The number of rotatable bonds is 4. The van der Waals surface area contributed by atoms with Gasteiger partial charge in [0, 0.05) is 48.3 Å². The van der Waals surface area contributed by atoms with Crippen molar-refractivity contribution in [2.24, 2.45) is 0 Å². The standard InChI is InChI=1S/C26H26ClFN4O2S/c27-19-4-2-6-21(16-19)29-26(34)31-12-10-30(11-13-31)24(33)17-32-9-7-23-22(8-14-35-23)25(32)18-3-1-5-20(28)15-18/h1-6,8,14-16,25H,7,9-13,17H2,(H,29,34)/t25-/m0/s1. The molecule has 0 unspecified atom stereocenters. The average Bonchev–Trinajstić information content (AvgIpc) is 3.33. The summed E-state index contributed by atoms with van der Waals surface area (Å²) in [5.41, 5.74) is 2.66. The molecule has 1 saturated heterocycles. The van der Waals surface area contributed by atoms with Crippen molar-refractivity contribution >= 4 is 40.6 Å². The molecule has 1 N–H and O–H groups in total. The van der Waals surface area contributed by atoms with Crippen LogP contribution in [0, 0.1) is 5.82 Å². The Balaban J connectivity index is 1.21. The Labute approximate surface area is 212 Å². The van der Waals surface area contributed by atoms with E-state index < -0.39 is 0 Å². The molecule has 1 aromatic heterocycles. The smallest absolute Gasteiger partial charge is 0.321 e. The highest BCUT2D eigenvalue weighted by Crippen LogP contribution is 2.37. The van der Waals surface area contributed by atoms with E-state index in [-0.39, 0.29) is 30.3 Å². The quantitative estimate of drug-likeness (QED) is 0.543. The first-order valence-electron chi connectivity index (χ1n) is 11.6. The first kappa shape index (κ1) is 23.8. The van der Waals surface area contributed by atoms with Crippen LogP contribution in [-0.2, 0) is 11.2 Å². The normalized spacial score (nSPS) is 18.3. The van der Waals surface area contributed by atoms with Gasteiger partial charge in [0.25, 0.3) is 0 Å². The van der Waals surface area contributed by atoms with E-state index >= 15 is 0 Å². The number of urea groups is 1. The van der Waals surface area contributed by atoms with Crippen molar-refractivity contribution in [3.8, 4) is 0 Å². The maximum absolute atomic E-state index is 14.0. The SMILES string of the molecule is O=C(CN1CCc2sccc2[C@@H]1c1cccc(F)c1)N1CCN(C(=O)Nc2cccc(Cl)c2)CC1.